The molecule has 0 aliphatic carbocycles. The van der Waals surface area contributed by atoms with E-state index >= 15 is 4.79 Å². The van der Waals surface area contributed by atoms with E-state index in [-0.39, 0.29) is 17.5 Å². The first-order chi connectivity index (χ1) is 39.1. The van der Waals surface area contributed by atoms with E-state index in [2.05, 4.69) is 0 Å². The standard InChI is InChI=1S/C60H80O22/c1-2-36(52-57(75,24-32-15-7-3-8-16-32)48(69)44(65)38(28-61)79-52)23-37(53-58(76,25-33-17-9-4-10-18-33)49(70)45(66)39(29-62)80-53)42(54-59(77,26-34-19-11-5-12-20-34)50(71)46(67)40(30-63)81-54)43(56(73)74)55-60(78,27-35-21-13-6-14-22-35)51(72)47(68)41(31-64)82-55/h3-22,36-55,61-72,75-78H,2,23-31H2,1H3,(H,73,74)/t36?,37?,38-,39-,40-,41-,42?,43?,44-,45-,46-,47-,48+,49+,50+,51+,52+,53+,54+,55+,57-,58-,59-,60-/m1/s1. The van der Waals surface area contributed by atoms with Crippen LogP contribution < -0.4 is 0 Å². The molecule has 17 N–H and O–H groups in total. The van der Waals surface area contributed by atoms with Crippen LogP contribution in [0.25, 0.3) is 0 Å². The summed E-state index contributed by atoms with van der Waals surface area (Å²) in [6.45, 7) is -2.55. The van der Waals surface area contributed by atoms with E-state index in [4.69, 9.17) is 18.9 Å². The van der Waals surface area contributed by atoms with Gasteiger partial charge in [-0.25, -0.2) is 0 Å². The van der Waals surface area contributed by atoms with Crippen molar-refractivity contribution in [3.05, 3.63) is 144 Å². The molecule has 4 aromatic rings. The van der Waals surface area contributed by atoms with Crippen LogP contribution >= 0.6 is 0 Å². The van der Waals surface area contributed by atoms with Gasteiger partial charge >= 0.3 is 5.97 Å². The number of carboxylic acid groups (broad SMARTS) is 1. The highest BCUT2D eigenvalue weighted by molar-refractivity contribution is 5.72. The van der Waals surface area contributed by atoms with Crippen LogP contribution in [-0.2, 0) is 49.4 Å². The van der Waals surface area contributed by atoms with Crippen LogP contribution in [0.3, 0.4) is 0 Å². The zero-order valence-electron chi connectivity index (χ0n) is 45.3. The van der Waals surface area contributed by atoms with Crippen molar-refractivity contribution in [2.24, 2.45) is 23.7 Å². The second-order valence-electron chi connectivity index (χ2n) is 23.0. The van der Waals surface area contributed by atoms with Gasteiger partial charge in [0.1, 0.15) is 102 Å². The highest BCUT2D eigenvalue weighted by Gasteiger charge is 2.69. The first-order valence-electron chi connectivity index (χ1n) is 27.8. The molecule has 0 amide bonds. The number of aliphatic carboxylic acids is 1. The molecule has 0 spiro atoms. The van der Waals surface area contributed by atoms with Gasteiger partial charge in [0.25, 0.3) is 0 Å². The first kappa shape index (κ1) is 63.6. The number of rotatable bonds is 22. The van der Waals surface area contributed by atoms with E-state index in [0.717, 1.165) is 0 Å². The summed E-state index contributed by atoms with van der Waals surface area (Å²) in [4.78, 5) is 15.2. The SMILES string of the molecule is CCC(CC(C(C(C(=O)O)[C@@H]1O[C@H](CO)[C@@H](O)[C@H](O)[C@]1(O)Cc1ccccc1)[C@@H]1O[C@H](CO)[C@@H](O)[C@H](O)[C@]1(O)Cc1ccccc1)[C@@H]1O[C@H](CO)[C@@H](O)[C@H](O)[C@]1(O)Cc1ccccc1)[C@@H]1O[C@H](CO)[C@@H](O)[C@H](O)[C@]1(O)Cc1ccccc1. The van der Waals surface area contributed by atoms with Crippen molar-refractivity contribution in [2.75, 3.05) is 26.4 Å². The fraction of sp³-hybridized carbons (Fsp3) is 0.583. The van der Waals surface area contributed by atoms with Gasteiger partial charge in [-0.1, -0.05) is 135 Å². The van der Waals surface area contributed by atoms with Crippen LogP contribution in [-0.4, -0.2) is 239 Å². The number of carbonyl (C=O) groups is 1. The molecule has 0 bridgehead atoms. The average Bonchev–Trinajstić information content (AvgIpc) is 3.46. The van der Waals surface area contributed by atoms with E-state index in [1.165, 1.54) is 24.3 Å². The summed E-state index contributed by atoms with van der Waals surface area (Å²) in [6.07, 6.45) is -36.3. The second-order valence-corrected chi connectivity index (χ2v) is 23.0. The van der Waals surface area contributed by atoms with E-state index < -0.39 is 208 Å². The van der Waals surface area contributed by atoms with Crippen LogP contribution in [0.15, 0.2) is 121 Å². The molecule has 4 aliphatic rings. The molecule has 4 aliphatic heterocycles. The Morgan fingerprint density at radius 1 is 0.427 bits per heavy atom. The van der Waals surface area contributed by atoms with Gasteiger partial charge in [0.2, 0.25) is 0 Å². The molecule has 22 heteroatoms. The predicted octanol–water partition coefficient (Wildman–Crippen LogP) is -2.84. The van der Waals surface area contributed by atoms with Gasteiger partial charge in [0, 0.05) is 31.6 Å². The third-order valence-electron chi connectivity index (χ3n) is 17.9. The summed E-state index contributed by atoms with van der Waals surface area (Å²) in [5, 5.41) is 206. The van der Waals surface area contributed by atoms with E-state index in [9.17, 15) is 86.8 Å². The van der Waals surface area contributed by atoms with E-state index in [1.54, 1.807) is 104 Å². The molecular weight excluding hydrogens is 1070 g/mol. The van der Waals surface area contributed by atoms with Crippen LogP contribution in [0.5, 0.6) is 0 Å². The maximum atomic E-state index is 15.2. The molecule has 8 rings (SSSR count). The summed E-state index contributed by atoms with van der Waals surface area (Å²) in [5.41, 5.74) is -9.99. The normalized spacial score (nSPS) is 39.4. The van der Waals surface area contributed by atoms with Gasteiger partial charge < -0.3 is 106 Å². The lowest BCUT2D eigenvalue weighted by Crippen LogP contribution is -2.76. The summed E-state index contributed by atoms with van der Waals surface area (Å²) in [7, 11) is 0. The van der Waals surface area contributed by atoms with Crippen molar-refractivity contribution in [1.29, 1.82) is 0 Å². The molecule has 4 unspecified atom stereocenters. The average molecular weight is 1150 g/mol. The first-order valence-corrected chi connectivity index (χ1v) is 27.8. The maximum absolute atomic E-state index is 15.2. The Morgan fingerprint density at radius 2 is 0.695 bits per heavy atom. The number of carboxylic acids is 1. The van der Waals surface area contributed by atoms with Gasteiger partial charge in [0.15, 0.2) is 0 Å². The summed E-state index contributed by atoms with van der Waals surface area (Å²) >= 11 is 0. The smallest absolute Gasteiger partial charge is 0.309 e. The summed E-state index contributed by atoms with van der Waals surface area (Å²) < 4.78 is 26.1. The Labute approximate surface area is 474 Å². The molecule has 24 atom stereocenters. The molecule has 4 fully saturated rings. The number of hydrogen-bond donors (Lipinski definition) is 17. The van der Waals surface area contributed by atoms with Crippen molar-refractivity contribution in [2.45, 2.75) is 166 Å². The molecule has 82 heavy (non-hydrogen) atoms. The zero-order chi connectivity index (χ0) is 59.5. The highest BCUT2D eigenvalue weighted by Crippen LogP contribution is 2.53. The number of aliphatic hydroxyl groups is 16. The third kappa shape index (κ3) is 12.2. The number of ether oxygens (including phenoxy) is 4. The van der Waals surface area contributed by atoms with E-state index in [1.807, 2.05) is 0 Å². The Kier molecular flexibility index (Phi) is 20.5. The number of aliphatic hydroxyl groups excluding tert-OH is 12. The minimum atomic E-state index is -2.94. The fourth-order valence-corrected chi connectivity index (χ4v) is 13.7. The number of hydrogen-bond acceptors (Lipinski definition) is 21. The van der Waals surface area contributed by atoms with Crippen LogP contribution in [0, 0.1) is 23.7 Å². The molecule has 0 radical (unpaired) electrons. The topological polar surface area (TPSA) is 398 Å². The zero-order valence-corrected chi connectivity index (χ0v) is 45.3. The molecule has 22 nitrogen and oxygen atoms in total. The molecule has 4 aromatic carbocycles. The number of benzene rings is 4. The van der Waals surface area contributed by atoms with Gasteiger partial charge in [0.05, 0.1) is 50.7 Å². The summed E-state index contributed by atoms with van der Waals surface area (Å²) in [6, 6.07) is 31.9. The Morgan fingerprint density at radius 3 is 1.00 bits per heavy atom. The lowest BCUT2D eigenvalue weighted by Gasteiger charge is -2.59. The molecule has 4 heterocycles. The highest BCUT2D eigenvalue weighted by atomic mass is 16.6. The predicted molar refractivity (Wildman–Crippen MR) is 288 cm³/mol. The quantitative estimate of drug-likeness (QED) is 0.0377. The largest absolute Gasteiger partial charge is 0.481 e. The van der Waals surface area contributed by atoms with Gasteiger partial charge in [-0.15, -0.1) is 0 Å². The molecule has 0 aromatic heterocycles. The van der Waals surface area contributed by atoms with Crippen molar-refractivity contribution in [3.63, 3.8) is 0 Å². The van der Waals surface area contributed by atoms with Crippen LogP contribution in [0.4, 0.5) is 0 Å². The van der Waals surface area contributed by atoms with Crippen molar-refractivity contribution in [1.82, 2.24) is 0 Å². The Balaban J connectivity index is 1.48. The third-order valence-corrected chi connectivity index (χ3v) is 17.9. The molecular formula is C60H80O22. The lowest BCUT2D eigenvalue weighted by atomic mass is 9.57. The lowest BCUT2D eigenvalue weighted by molar-refractivity contribution is -0.331. The van der Waals surface area contributed by atoms with Gasteiger partial charge in [-0.05, 0) is 40.5 Å². The van der Waals surface area contributed by atoms with Gasteiger partial charge in [-0.2, -0.15) is 0 Å². The van der Waals surface area contributed by atoms with Crippen molar-refractivity contribution < 1.29 is 111 Å². The van der Waals surface area contributed by atoms with Gasteiger partial charge in [-0.3, -0.25) is 4.79 Å². The summed E-state index contributed by atoms with van der Waals surface area (Å²) in [5.74, 6) is -10.1. The molecule has 4 saturated heterocycles. The van der Waals surface area contributed by atoms with Crippen LogP contribution in [0.1, 0.15) is 42.0 Å². The minimum absolute atomic E-state index is 0.141. The van der Waals surface area contributed by atoms with Crippen molar-refractivity contribution in [3.8, 4) is 0 Å². The Bertz CT molecular complexity index is 2630. The fourth-order valence-electron chi connectivity index (χ4n) is 13.7. The van der Waals surface area contributed by atoms with Crippen LogP contribution in [0.2, 0.25) is 0 Å². The minimum Gasteiger partial charge on any atom is -0.481 e. The molecule has 0 saturated carbocycles. The van der Waals surface area contributed by atoms with E-state index in [0.29, 0.717) is 11.1 Å². The monoisotopic (exact) mass is 1150 g/mol. The molecule has 452 valence electrons. The maximum Gasteiger partial charge on any atom is 0.309 e. The second kappa shape index (κ2) is 26.4. The Hall–Kier alpha value is -4.45. The van der Waals surface area contributed by atoms with Crippen molar-refractivity contribution >= 4 is 5.97 Å².